The summed E-state index contributed by atoms with van der Waals surface area (Å²) in [5.41, 5.74) is 0. The maximum Gasteiger partial charge on any atom is 0.460 e. The highest BCUT2D eigenvalue weighted by atomic mass is 35.5. The molecule has 158 valence electrons. The molecule has 0 radical (unpaired) electrons. The highest BCUT2D eigenvalue weighted by molar-refractivity contribution is 7.90. The van der Waals surface area contributed by atoms with Gasteiger partial charge in [0.25, 0.3) is 10.0 Å². The molecule has 0 unspecified atom stereocenters. The summed E-state index contributed by atoms with van der Waals surface area (Å²) in [6, 6.07) is 0.199. The maximum atomic E-state index is 13.7. The number of hydrogen-bond donors (Lipinski definition) is 0. The van der Waals surface area contributed by atoms with Crippen molar-refractivity contribution in [2.45, 2.75) is 47.1 Å². The lowest BCUT2D eigenvalue weighted by atomic mass is 10.1. The summed E-state index contributed by atoms with van der Waals surface area (Å²) in [5.74, 6) is -14.5. The monoisotopic (exact) mass is 481 g/mol. The van der Waals surface area contributed by atoms with Gasteiger partial charge in [0.1, 0.15) is 0 Å². The molecule has 0 aromatic heterocycles. The largest absolute Gasteiger partial charge is 0.460 e. The molecular formula is C10H14Cl2F9NO2SSi. The second-order valence-electron chi connectivity index (χ2n) is 5.05. The molecule has 0 aliphatic carbocycles. The van der Waals surface area contributed by atoms with Gasteiger partial charge in [0, 0.05) is 13.1 Å². The van der Waals surface area contributed by atoms with Crippen molar-refractivity contribution in [3.8, 4) is 0 Å². The van der Waals surface area contributed by atoms with Gasteiger partial charge in [-0.1, -0.05) is 13.0 Å². The molecule has 0 saturated heterocycles. The Morgan fingerprint density at radius 3 is 1.77 bits per heavy atom. The minimum Gasteiger partial charge on any atom is -0.206 e. The Hall–Kier alpha value is 0.0769. The number of hydrogen-bond acceptors (Lipinski definition) is 2. The molecular weight excluding hydrogens is 468 g/mol. The Labute approximate surface area is 155 Å². The van der Waals surface area contributed by atoms with Gasteiger partial charge in [-0.2, -0.15) is 43.8 Å². The van der Waals surface area contributed by atoms with Crippen molar-refractivity contribution in [1.29, 1.82) is 0 Å². The zero-order chi connectivity index (χ0) is 21.2. The first-order valence-electron chi connectivity index (χ1n) is 6.86. The lowest BCUT2D eigenvalue weighted by molar-refractivity contribution is -0.382. The van der Waals surface area contributed by atoms with E-state index >= 15 is 0 Å². The molecule has 0 spiro atoms. The summed E-state index contributed by atoms with van der Waals surface area (Å²) < 4.78 is 138. The highest BCUT2D eigenvalue weighted by Crippen LogP contribution is 2.55. The summed E-state index contributed by atoms with van der Waals surface area (Å²) in [6.07, 6.45) is -7.25. The lowest BCUT2D eigenvalue weighted by Crippen LogP contribution is -2.65. The van der Waals surface area contributed by atoms with Crippen LogP contribution < -0.4 is 0 Å². The standard InChI is InChI=1S/C10H14Cl2F9NO2SSi/c1-2-22(4-3-5-26-6(11)12)25(23,24)10(20,21)8(15,16)7(13,14)9(17,18)19/h6H,2-5,26H2,1H3. The average molecular weight is 482 g/mol. The Morgan fingerprint density at radius 2 is 1.42 bits per heavy atom. The minimum absolute atomic E-state index is 0.160. The molecule has 0 aliphatic heterocycles. The van der Waals surface area contributed by atoms with Gasteiger partial charge in [0.2, 0.25) is 0 Å². The maximum absolute atomic E-state index is 13.7. The fourth-order valence-electron chi connectivity index (χ4n) is 1.72. The van der Waals surface area contributed by atoms with E-state index in [0.29, 0.717) is 0 Å². The second-order valence-corrected chi connectivity index (χ2v) is 11.4. The SMILES string of the molecule is CCN(CCC[SiH2]C(Cl)Cl)S(=O)(=O)C(F)(F)C(F)(F)C(F)(F)C(F)(F)F. The zero-order valence-corrected chi connectivity index (χ0v) is 16.7. The minimum atomic E-state index is -7.27. The first-order chi connectivity index (χ1) is 11.4. The summed E-state index contributed by atoms with van der Waals surface area (Å²) in [6.45, 7) is -0.717. The van der Waals surface area contributed by atoms with Gasteiger partial charge in [-0.15, -0.1) is 23.2 Å². The molecule has 0 bridgehead atoms. The molecule has 0 atom stereocenters. The summed E-state index contributed by atoms with van der Waals surface area (Å²) in [7, 11) is -7.68. The van der Waals surface area contributed by atoms with Crippen LogP contribution in [0.4, 0.5) is 39.5 Å². The van der Waals surface area contributed by atoms with Crippen molar-refractivity contribution < 1.29 is 47.9 Å². The van der Waals surface area contributed by atoms with Gasteiger partial charge in [-0.25, -0.2) is 8.42 Å². The molecule has 0 heterocycles. The lowest BCUT2D eigenvalue weighted by Gasteiger charge is -2.35. The molecule has 0 aromatic carbocycles. The molecule has 0 amide bonds. The van der Waals surface area contributed by atoms with E-state index in [-0.39, 0.29) is 16.8 Å². The van der Waals surface area contributed by atoms with Crippen molar-refractivity contribution in [2.24, 2.45) is 0 Å². The van der Waals surface area contributed by atoms with Gasteiger partial charge >= 0.3 is 23.3 Å². The van der Waals surface area contributed by atoms with E-state index in [2.05, 4.69) is 0 Å². The van der Waals surface area contributed by atoms with Crippen LogP contribution in [0, 0.1) is 0 Å². The first-order valence-corrected chi connectivity index (χ1v) is 11.0. The molecule has 3 nitrogen and oxygen atoms in total. The van der Waals surface area contributed by atoms with E-state index in [0.717, 1.165) is 6.92 Å². The summed E-state index contributed by atoms with van der Waals surface area (Å²) >= 11 is 10.9. The average Bonchev–Trinajstić information content (AvgIpc) is 2.44. The molecule has 0 fully saturated rings. The van der Waals surface area contributed by atoms with Crippen LogP contribution in [0.15, 0.2) is 0 Å². The number of sulfonamides is 1. The summed E-state index contributed by atoms with van der Waals surface area (Å²) in [4.78, 5) is 0. The third-order valence-corrected chi connectivity index (χ3v) is 7.89. The first kappa shape index (κ1) is 26.1. The van der Waals surface area contributed by atoms with Crippen molar-refractivity contribution in [2.75, 3.05) is 13.1 Å². The number of alkyl halides is 11. The number of nitrogens with zero attached hydrogens (tertiary/aromatic N) is 1. The van der Waals surface area contributed by atoms with E-state index in [4.69, 9.17) is 23.2 Å². The van der Waals surface area contributed by atoms with E-state index in [1.165, 1.54) is 0 Å². The van der Waals surface area contributed by atoms with Crippen LogP contribution in [0.2, 0.25) is 6.04 Å². The van der Waals surface area contributed by atoms with Crippen molar-refractivity contribution in [1.82, 2.24) is 4.31 Å². The van der Waals surface area contributed by atoms with Crippen LogP contribution in [0.1, 0.15) is 13.3 Å². The second kappa shape index (κ2) is 8.62. The van der Waals surface area contributed by atoms with E-state index in [9.17, 15) is 47.9 Å². The molecule has 0 rings (SSSR count). The van der Waals surface area contributed by atoms with E-state index in [1.807, 2.05) is 0 Å². The molecule has 26 heavy (non-hydrogen) atoms. The van der Waals surface area contributed by atoms with Gasteiger partial charge in [0.15, 0.2) is 0 Å². The normalized spacial score (nSPS) is 15.6. The van der Waals surface area contributed by atoms with Crippen molar-refractivity contribution in [3.05, 3.63) is 0 Å². The Morgan fingerprint density at radius 1 is 0.962 bits per heavy atom. The van der Waals surface area contributed by atoms with Crippen LogP contribution >= 0.6 is 23.2 Å². The number of halogens is 11. The van der Waals surface area contributed by atoms with Gasteiger partial charge < -0.3 is 0 Å². The predicted octanol–water partition coefficient (Wildman–Crippen LogP) is 3.80. The quantitative estimate of drug-likeness (QED) is 0.206. The number of rotatable bonds is 10. The third-order valence-electron chi connectivity index (χ3n) is 3.21. The zero-order valence-electron chi connectivity index (χ0n) is 12.9. The van der Waals surface area contributed by atoms with Crippen LogP contribution in [0.25, 0.3) is 0 Å². The Kier molecular flexibility index (Phi) is 8.64. The topological polar surface area (TPSA) is 37.4 Å². The third kappa shape index (κ3) is 4.91. The van der Waals surface area contributed by atoms with Gasteiger partial charge in [-0.3, -0.25) is 0 Å². The fraction of sp³-hybridized carbons (Fsp3) is 1.00. The molecule has 0 aliphatic rings. The van der Waals surface area contributed by atoms with Gasteiger partial charge in [0.05, 0.1) is 14.0 Å². The Balaban J connectivity index is 5.70. The van der Waals surface area contributed by atoms with Gasteiger partial charge in [-0.05, 0) is 6.42 Å². The van der Waals surface area contributed by atoms with Crippen LogP contribution in [-0.2, 0) is 10.0 Å². The summed E-state index contributed by atoms with van der Waals surface area (Å²) in [5, 5.41) is -6.70. The molecule has 0 saturated carbocycles. The highest BCUT2D eigenvalue weighted by Gasteiger charge is 2.85. The van der Waals surface area contributed by atoms with Crippen LogP contribution in [0.3, 0.4) is 0 Å². The molecule has 0 aromatic rings. The molecule has 16 heteroatoms. The smallest absolute Gasteiger partial charge is 0.206 e. The molecule has 0 N–H and O–H groups in total. The predicted molar refractivity (Wildman–Crippen MR) is 80.5 cm³/mol. The van der Waals surface area contributed by atoms with E-state index in [1.54, 1.807) is 0 Å². The van der Waals surface area contributed by atoms with Crippen molar-refractivity contribution in [3.63, 3.8) is 0 Å². The van der Waals surface area contributed by atoms with Crippen LogP contribution in [0.5, 0.6) is 0 Å². The van der Waals surface area contributed by atoms with Crippen LogP contribution in [-0.4, -0.2) is 63.1 Å². The fourth-order valence-corrected chi connectivity index (χ4v) is 4.95. The van der Waals surface area contributed by atoms with Crippen molar-refractivity contribution >= 4 is 42.7 Å². The Bertz CT molecular complexity index is 571. The van der Waals surface area contributed by atoms with E-state index < -0.39 is 60.4 Å².